The van der Waals surface area contributed by atoms with Crippen LogP contribution >= 0.6 is 11.6 Å². The van der Waals surface area contributed by atoms with E-state index in [1.165, 1.54) is 12.8 Å². The summed E-state index contributed by atoms with van der Waals surface area (Å²) in [7, 11) is 0. The van der Waals surface area contributed by atoms with E-state index < -0.39 is 0 Å². The minimum absolute atomic E-state index is 0.551. The van der Waals surface area contributed by atoms with Crippen LogP contribution in [0, 0.1) is 0 Å². The van der Waals surface area contributed by atoms with Gasteiger partial charge in [0.25, 0.3) is 0 Å². The highest BCUT2D eigenvalue weighted by Gasteiger charge is 2.30. The fourth-order valence-electron chi connectivity index (χ4n) is 2.31. The van der Waals surface area contributed by atoms with Crippen LogP contribution in [0.2, 0.25) is 5.02 Å². The third-order valence-corrected chi connectivity index (χ3v) is 3.62. The molecule has 0 aliphatic heterocycles. The number of nitrogens with zero attached hydrogens (tertiary/aromatic N) is 2. The second-order valence-electron chi connectivity index (χ2n) is 4.89. The van der Waals surface area contributed by atoms with Gasteiger partial charge in [-0.3, -0.25) is 0 Å². The van der Waals surface area contributed by atoms with Crippen LogP contribution in [0.15, 0.2) is 36.9 Å². The molecule has 0 spiro atoms. The maximum atomic E-state index is 6.25. The minimum Gasteiger partial charge on any atom is -0.383 e. The van der Waals surface area contributed by atoms with Gasteiger partial charge in [-0.25, -0.2) is 4.98 Å². The Hall–Kier alpha value is -1.74. The van der Waals surface area contributed by atoms with Crippen LogP contribution in [-0.4, -0.2) is 9.55 Å². The number of nitrogens with two attached hydrogens (primary N) is 1. The molecule has 2 aromatic rings. The first-order chi connectivity index (χ1) is 9.20. The highest BCUT2D eigenvalue weighted by Crippen LogP contribution is 2.42. The van der Waals surface area contributed by atoms with Gasteiger partial charge < -0.3 is 10.3 Å². The topological polar surface area (TPSA) is 43.8 Å². The zero-order valence-electron chi connectivity index (χ0n) is 10.6. The zero-order chi connectivity index (χ0) is 13.4. The van der Waals surface area contributed by atoms with Crippen molar-refractivity contribution in [2.75, 3.05) is 5.73 Å². The molecule has 1 fully saturated rings. The van der Waals surface area contributed by atoms with Crippen LogP contribution in [0.3, 0.4) is 0 Å². The van der Waals surface area contributed by atoms with E-state index >= 15 is 0 Å². The van der Waals surface area contributed by atoms with E-state index in [0.717, 1.165) is 17.1 Å². The van der Waals surface area contributed by atoms with Crippen LogP contribution in [0.4, 0.5) is 5.82 Å². The van der Waals surface area contributed by atoms with Gasteiger partial charge in [-0.15, -0.1) is 6.58 Å². The van der Waals surface area contributed by atoms with Crippen molar-refractivity contribution in [3.63, 3.8) is 0 Å². The molecule has 1 heterocycles. The second-order valence-corrected chi connectivity index (χ2v) is 5.32. The van der Waals surface area contributed by atoms with Crippen LogP contribution in [0.1, 0.15) is 24.6 Å². The van der Waals surface area contributed by atoms with Gasteiger partial charge in [-0.2, -0.15) is 0 Å². The third kappa shape index (κ3) is 2.26. The van der Waals surface area contributed by atoms with Crippen molar-refractivity contribution in [3.8, 4) is 11.3 Å². The summed E-state index contributed by atoms with van der Waals surface area (Å²) in [5.74, 6) is 2.33. The Labute approximate surface area is 117 Å². The number of halogens is 1. The molecule has 0 amide bonds. The summed E-state index contributed by atoms with van der Waals surface area (Å²) in [6.45, 7) is 4.49. The molecule has 3 rings (SSSR count). The Kier molecular flexibility index (Phi) is 3.07. The molecule has 19 heavy (non-hydrogen) atoms. The van der Waals surface area contributed by atoms with E-state index in [1.54, 1.807) is 0 Å². The average molecular weight is 274 g/mol. The number of aromatic nitrogens is 2. The van der Waals surface area contributed by atoms with E-state index in [9.17, 15) is 0 Å². The lowest BCUT2D eigenvalue weighted by Gasteiger charge is -2.05. The Morgan fingerprint density at radius 3 is 2.89 bits per heavy atom. The first-order valence-corrected chi connectivity index (χ1v) is 6.81. The van der Waals surface area contributed by atoms with Gasteiger partial charge in [0.05, 0.1) is 0 Å². The Bertz CT molecular complexity index is 626. The quantitative estimate of drug-likeness (QED) is 0.860. The van der Waals surface area contributed by atoms with Gasteiger partial charge in [0.15, 0.2) is 0 Å². The van der Waals surface area contributed by atoms with Crippen molar-refractivity contribution >= 4 is 17.4 Å². The standard InChI is InChI=1S/C15H16ClN3/c1-2-8-19-14(17)13(18-15(19)10-6-7-10)11-4-3-5-12(16)9-11/h2-5,9-10H,1,6-8,17H2. The lowest BCUT2D eigenvalue weighted by Crippen LogP contribution is -2.05. The van der Waals surface area contributed by atoms with E-state index in [0.29, 0.717) is 23.3 Å². The number of hydrogen-bond donors (Lipinski definition) is 1. The molecule has 1 aromatic carbocycles. The molecule has 4 heteroatoms. The molecule has 0 atom stereocenters. The van der Waals surface area contributed by atoms with Gasteiger partial charge in [0.1, 0.15) is 17.3 Å². The SMILES string of the molecule is C=CCn1c(C2CC2)nc(-c2cccc(Cl)c2)c1N. The van der Waals surface area contributed by atoms with Gasteiger partial charge in [-0.1, -0.05) is 29.8 Å². The molecule has 1 aromatic heterocycles. The number of imidazole rings is 1. The predicted molar refractivity (Wildman–Crippen MR) is 79.3 cm³/mol. The normalized spacial score (nSPS) is 14.6. The van der Waals surface area contributed by atoms with Crippen LogP contribution < -0.4 is 5.73 Å². The number of benzene rings is 1. The number of allylic oxidation sites excluding steroid dienone is 1. The van der Waals surface area contributed by atoms with Gasteiger partial charge in [0.2, 0.25) is 0 Å². The van der Waals surface area contributed by atoms with Crippen molar-refractivity contribution in [1.29, 1.82) is 0 Å². The number of nitrogen functional groups attached to an aromatic ring is 1. The van der Waals surface area contributed by atoms with Crippen molar-refractivity contribution in [2.45, 2.75) is 25.3 Å². The molecule has 1 aliphatic carbocycles. The van der Waals surface area contributed by atoms with E-state index in [2.05, 4.69) is 11.1 Å². The monoisotopic (exact) mass is 273 g/mol. The number of hydrogen-bond acceptors (Lipinski definition) is 2. The zero-order valence-corrected chi connectivity index (χ0v) is 11.4. The predicted octanol–water partition coefficient (Wildman–Crippen LogP) is 3.85. The lowest BCUT2D eigenvalue weighted by molar-refractivity contribution is 0.750. The van der Waals surface area contributed by atoms with Crippen LogP contribution in [-0.2, 0) is 6.54 Å². The van der Waals surface area contributed by atoms with Crippen molar-refractivity contribution in [1.82, 2.24) is 9.55 Å². The highest BCUT2D eigenvalue weighted by atomic mass is 35.5. The smallest absolute Gasteiger partial charge is 0.132 e. The molecular weight excluding hydrogens is 258 g/mol. The molecule has 3 nitrogen and oxygen atoms in total. The lowest BCUT2D eigenvalue weighted by atomic mass is 10.1. The largest absolute Gasteiger partial charge is 0.383 e. The van der Waals surface area contributed by atoms with Gasteiger partial charge in [0, 0.05) is 23.0 Å². The molecule has 0 bridgehead atoms. The average Bonchev–Trinajstić information content (AvgIpc) is 3.17. The molecular formula is C15H16ClN3. The van der Waals surface area contributed by atoms with E-state index in [-0.39, 0.29) is 0 Å². The van der Waals surface area contributed by atoms with Crippen LogP contribution in [0.5, 0.6) is 0 Å². The van der Waals surface area contributed by atoms with Crippen molar-refractivity contribution in [3.05, 3.63) is 47.8 Å². The summed E-state index contributed by atoms with van der Waals surface area (Å²) in [6, 6.07) is 7.65. The van der Waals surface area contributed by atoms with Crippen molar-refractivity contribution < 1.29 is 0 Å². The van der Waals surface area contributed by atoms with E-state index in [4.69, 9.17) is 22.3 Å². The summed E-state index contributed by atoms with van der Waals surface area (Å²) in [5.41, 5.74) is 8.04. The fraction of sp³-hybridized carbons (Fsp3) is 0.267. The molecule has 0 radical (unpaired) electrons. The second kappa shape index (κ2) is 4.74. The van der Waals surface area contributed by atoms with E-state index in [1.807, 2.05) is 30.3 Å². The maximum Gasteiger partial charge on any atom is 0.132 e. The van der Waals surface area contributed by atoms with Gasteiger partial charge >= 0.3 is 0 Å². The summed E-state index contributed by atoms with van der Waals surface area (Å²) in [4.78, 5) is 4.73. The first kappa shape index (κ1) is 12.3. The fourth-order valence-corrected chi connectivity index (χ4v) is 2.50. The molecule has 1 saturated carbocycles. The van der Waals surface area contributed by atoms with Crippen molar-refractivity contribution in [2.24, 2.45) is 0 Å². The number of rotatable bonds is 4. The maximum absolute atomic E-state index is 6.25. The molecule has 0 unspecified atom stereocenters. The summed E-state index contributed by atoms with van der Waals surface area (Å²) < 4.78 is 2.06. The Morgan fingerprint density at radius 1 is 1.47 bits per heavy atom. The number of anilines is 1. The molecule has 0 saturated heterocycles. The third-order valence-electron chi connectivity index (χ3n) is 3.39. The first-order valence-electron chi connectivity index (χ1n) is 6.43. The van der Waals surface area contributed by atoms with Gasteiger partial charge in [-0.05, 0) is 25.0 Å². The summed E-state index contributed by atoms with van der Waals surface area (Å²) in [5, 5.41) is 0.697. The Morgan fingerprint density at radius 2 is 2.26 bits per heavy atom. The minimum atomic E-state index is 0.551. The molecule has 98 valence electrons. The molecule has 1 aliphatic rings. The highest BCUT2D eigenvalue weighted by molar-refractivity contribution is 6.30. The molecule has 2 N–H and O–H groups in total. The summed E-state index contributed by atoms with van der Waals surface area (Å²) >= 11 is 6.04. The van der Waals surface area contributed by atoms with Crippen LogP contribution in [0.25, 0.3) is 11.3 Å². The summed E-state index contributed by atoms with van der Waals surface area (Å²) in [6.07, 6.45) is 4.25. The Balaban J connectivity index is 2.11.